The highest BCUT2D eigenvalue weighted by Crippen LogP contribution is 2.50. The Balaban J connectivity index is 1.61. The molecule has 2 aliphatic carbocycles. The molecule has 1 fully saturated rings. The number of carbonyl (C=O) groups is 2. The number of primary amides is 1. The van der Waals surface area contributed by atoms with Gasteiger partial charge in [0.05, 0.1) is 29.5 Å². The third-order valence-corrected chi connectivity index (χ3v) is 7.95. The van der Waals surface area contributed by atoms with Crippen LogP contribution in [0.3, 0.4) is 0 Å². The van der Waals surface area contributed by atoms with Crippen LogP contribution in [0, 0.1) is 5.92 Å². The highest BCUT2D eigenvalue weighted by atomic mass is 19.4. The fraction of sp³-hybridized carbons (Fsp3) is 0.500. The molecule has 3 aliphatic rings. The van der Waals surface area contributed by atoms with Crippen LogP contribution in [-0.4, -0.2) is 29.7 Å². The molecule has 3 amide bonds. The van der Waals surface area contributed by atoms with E-state index >= 15 is 0 Å². The zero-order valence-corrected chi connectivity index (χ0v) is 21.7. The number of amides is 3. The summed E-state index contributed by atoms with van der Waals surface area (Å²) in [4.78, 5) is 28.7. The predicted octanol–water partition coefficient (Wildman–Crippen LogP) is 6.98. The lowest BCUT2D eigenvalue weighted by molar-refractivity contribution is -0.143. The Morgan fingerprint density at radius 1 is 0.975 bits per heavy atom. The molecule has 2 N–H and O–H groups in total. The van der Waals surface area contributed by atoms with Gasteiger partial charge in [0, 0.05) is 12.6 Å². The lowest BCUT2D eigenvalue weighted by Crippen LogP contribution is -2.50. The van der Waals surface area contributed by atoms with Crippen LogP contribution in [0.2, 0.25) is 0 Å². The average molecular weight is 570 g/mol. The first-order valence-corrected chi connectivity index (χ1v) is 13.2. The minimum atomic E-state index is -5.03. The van der Waals surface area contributed by atoms with Crippen molar-refractivity contribution in [2.24, 2.45) is 11.7 Å². The van der Waals surface area contributed by atoms with Gasteiger partial charge in [-0.05, 0) is 97.9 Å². The minimum Gasteiger partial charge on any atom is -0.449 e. The molecule has 1 saturated carbocycles. The molecule has 5 rings (SSSR count). The molecule has 1 heterocycles. The largest absolute Gasteiger partial charge is 0.449 e. The summed E-state index contributed by atoms with van der Waals surface area (Å²) >= 11 is 0. The van der Waals surface area contributed by atoms with Gasteiger partial charge in [0.1, 0.15) is 0 Å². The number of fused-ring (bicyclic) bond motifs is 2. The number of aryl methyl sites for hydroxylation is 2. The number of carbonyl (C=O) groups excluding carboxylic acids is 2. The van der Waals surface area contributed by atoms with Crippen LogP contribution in [0.25, 0.3) is 0 Å². The normalized spacial score (nSPS) is 20.6. The highest BCUT2D eigenvalue weighted by Gasteiger charge is 2.47. The summed E-state index contributed by atoms with van der Waals surface area (Å²) in [6, 6.07) is 2.95. The van der Waals surface area contributed by atoms with E-state index in [2.05, 4.69) is 0 Å². The van der Waals surface area contributed by atoms with Crippen molar-refractivity contribution in [3.8, 4) is 0 Å². The standard InChI is InChI=1S/C28H29F6N3O3/c1-2-40-26(39)37-22(16-6-7-16)13-23(21-10-17-4-3-5-18(17)11-24(21)37)36(25(35)38)14-15-8-19(27(29,30)31)12-20(9-15)28(32,33)34/h8-12,16,22-23H,2-7,13-14H2,1H3,(H2,35,38)/t22-,23-/m0/s1. The third-order valence-electron chi connectivity index (χ3n) is 7.95. The maximum atomic E-state index is 13.5. The van der Waals surface area contributed by atoms with Crippen LogP contribution in [0.5, 0.6) is 0 Å². The molecular formula is C28H29F6N3O3. The van der Waals surface area contributed by atoms with Crippen LogP contribution in [-0.2, 0) is 36.5 Å². The van der Waals surface area contributed by atoms with Gasteiger partial charge < -0.3 is 15.4 Å². The summed E-state index contributed by atoms with van der Waals surface area (Å²) in [5, 5.41) is 0. The summed E-state index contributed by atoms with van der Waals surface area (Å²) in [5.74, 6) is 0.119. The van der Waals surface area contributed by atoms with Crippen molar-refractivity contribution in [3.05, 3.63) is 63.7 Å². The molecular weight excluding hydrogens is 540 g/mol. The van der Waals surface area contributed by atoms with Gasteiger partial charge in [0.15, 0.2) is 0 Å². The average Bonchev–Trinajstić information content (AvgIpc) is 3.61. The van der Waals surface area contributed by atoms with Crippen LogP contribution >= 0.6 is 0 Å². The summed E-state index contributed by atoms with van der Waals surface area (Å²) in [7, 11) is 0. The van der Waals surface area contributed by atoms with Gasteiger partial charge in [0.2, 0.25) is 0 Å². The van der Waals surface area contributed by atoms with Crippen LogP contribution < -0.4 is 10.6 Å². The van der Waals surface area contributed by atoms with Crippen molar-refractivity contribution < 1.29 is 40.7 Å². The van der Waals surface area contributed by atoms with E-state index in [9.17, 15) is 35.9 Å². The van der Waals surface area contributed by atoms with Gasteiger partial charge in [-0.3, -0.25) is 4.90 Å². The Morgan fingerprint density at radius 3 is 2.10 bits per heavy atom. The zero-order chi connectivity index (χ0) is 29.0. The number of hydrogen-bond acceptors (Lipinski definition) is 3. The quantitative estimate of drug-likeness (QED) is 0.395. The van der Waals surface area contributed by atoms with Crippen LogP contribution in [0.4, 0.5) is 41.6 Å². The molecule has 2 aromatic carbocycles. The molecule has 0 aromatic heterocycles. The highest BCUT2D eigenvalue weighted by molar-refractivity contribution is 5.91. The summed E-state index contributed by atoms with van der Waals surface area (Å²) in [5.41, 5.74) is 5.67. The Labute approximate surface area is 227 Å². The Morgan fingerprint density at radius 2 is 1.57 bits per heavy atom. The number of urea groups is 1. The number of nitrogens with zero attached hydrogens (tertiary/aromatic N) is 2. The lowest BCUT2D eigenvalue weighted by Gasteiger charge is -2.44. The monoisotopic (exact) mass is 569 g/mol. The Kier molecular flexibility index (Phi) is 7.16. The maximum absolute atomic E-state index is 13.5. The van der Waals surface area contributed by atoms with Crippen LogP contribution in [0.15, 0.2) is 30.3 Å². The van der Waals surface area contributed by atoms with Crippen molar-refractivity contribution in [2.75, 3.05) is 11.5 Å². The fourth-order valence-electron chi connectivity index (χ4n) is 6.00. The first kappa shape index (κ1) is 28.1. The Bertz CT molecular complexity index is 1290. The second-order valence-corrected chi connectivity index (χ2v) is 10.6. The van der Waals surface area contributed by atoms with Gasteiger partial charge in [-0.15, -0.1) is 0 Å². The summed E-state index contributed by atoms with van der Waals surface area (Å²) in [6.45, 7) is 1.28. The van der Waals surface area contributed by atoms with E-state index in [4.69, 9.17) is 10.5 Å². The topological polar surface area (TPSA) is 75.9 Å². The molecule has 0 saturated heterocycles. The molecule has 216 valence electrons. The number of rotatable bonds is 5. The fourth-order valence-corrected chi connectivity index (χ4v) is 6.00. The smallest absolute Gasteiger partial charge is 0.416 e. The molecule has 0 bridgehead atoms. The maximum Gasteiger partial charge on any atom is 0.416 e. The van der Waals surface area contributed by atoms with Gasteiger partial charge in [0.25, 0.3) is 0 Å². The molecule has 1 aliphatic heterocycles. The molecule has 0 radical (unpaired) electrons. The number of alkyl halides is 6. The molecule has 2 atom stereocenters. The number of benzene rings is 2. The number of halogens is 6. The summed E-state index contributed by atoms with van der Waals surface area (Å²) < 4.78 is 86.5. The molecule has 6 nitrogen and oxygen atoms in total. The van der Waals surface area contributed by atoms with E-state index in [1.54, 1.807) is 11.8 Å². The van der Waals surface area contributed by atoms with E-state index in [-0.39, 0.29) is 36.6 Å². The number of ether oxygens (including phenoxy) is 1. The van der Waals surface area contributed by atoms with Gasteiger partial charge in [-0.1, -0.05) is 6.07 Å². The van der Waals surface area contributed by atoms with E-state index in [1.165, 1.54) is 0 Å². The van der Waals surface area contributed by atoms with Crippen molar-refractivity contribution in [1.82, 2.24) is 4.90 Å². The van der Waals surface area contributed by atoms with E-state index in [0.29, 0.717) is 23.4 Å². The molecule has 2 aromatic rings. The molecule has 40 heavy (non-hydrogen) atoms. The van der Waals surface area contributed by atoms with E-state index in [1.807, 2.05) is 12.1 Å². The number of hydrogen-bond donors (Lipinski definition) is 1. The first-order chi connectivity index (χ1) is 18.8. The van der Waals surface area contributed by atoms with Gasteiger partial charge in [-0.25, -0.2) is 9.59 Å². The summed E-state index contributed by atoms with van der Waals surface area (Å²) in [6.07, 6.45) is -6.19. The van der Waals surface area contributed by atoms with Crippen molar-refractivity contribution in [1.29, 1.82) is 0 Å². The van der Waals surface area contributed by atoms with Gasteiger partial charge in [-0.2, -0.15) is 26.3 Å². The molecule has 0 unspecified atom stereocenters. The van der Waals surface area contributed by atoms with Crippen LogP contribution in [0.1, 0.15) is 72.0 Å². The van der Waals surface area contributed by atoms with Crippen molar-refractivity contribution >= 4 is 17.8 Å². The SMILES string of the molecule is CCOC(=O)N1c2cc3c(cc2[C@@H](N(Cc2cc(C(F)(F)F)cc(C(F)(F)F)c2)C(N)=O)C[C@H]1C1CC1)CCC3. The lowest BCUT2D eigenvalue weighted by atomic mass is 9.86. The van der Waals surface area contributed by atoms with E-state index < -0.39 is 48.2 Å². The van der Waals surface area contributed by atoms with Gasteiger partial charge >= 0.3 is 24.5 Å². The number of nitrogens with two attached hydrogens (primary N) is 1. The predicted molar refractivity (Wildman–Crippen MR) is 133 cm³/mol. The first-order valence-electron chi connectivity index (χ1n) is 13.2. The molecule has 0 spiro atoms. The minimum absolute atomic E-state index is 0.0532. The second-order valence-electron chi connectivity index (χ2n) is 10.6. The third kappa shape index (κ3) is 5.44. The number of anilines is 1. The second kappa shape index (κ2) is 10.2. The zero-order valence-electron chi connectivity index (χ0n) is 21.7. The van der Waals surface area contributed by atoms with Crippen molar-refractivity contribution in [3.63, 3.8) is 0 Å². The molecule has 12 heteroatoms. The Hall–Kier alpha value is -3.44. The van der Waals surface area contributed by atoms with E-state index in [0.717, 1.165) is 48.1 Å². The van der Waals surface area contributed by atoms with Crippen molar-refractivity contribution in [2.45, 2.75) is 76.4 Å².